The summed E-state index contributed by atoms with van der Waals surface area (Å²) in [5, 5.41) is 5.36. The smallest absolute Gasteiger partial charge is 0.319 e. The van der Waals surface area contributed by atoms with Crippen LogP contribution in [0.25, 0.3) is 0 Å². The van der Waals surface area contributed by atoms with E-state index >= 15 is 0 Å². The first-order valence-corrected chi connectivity index (χ1v) is 8.22. The molecule has 3 amide bonds. The molecule has 1 unspecified atom stereocenters. The number of hydrogen-bond donors (Lipinski definition) is 2. The highest BCUT2D eigenvalue weighted by Crippen LogP contribution is 2.22. The summed E-state index contributed by atoms with van der Waals surface area (Å²) in [6, 6.07) is 11.8. The maximum Gasteiger partial charge on any atom is 0.319 e. The Labute approximate surface area is 147 Å². The predicted molar refractivity (Wildman–Crippen MR) is 93.5 cm³/mol. The van der Waals surface area contributed by atoms with E-state index in [9.17, 15) is 14.0 Å². The van der Waals surface area contributed by atoms with Gasteiger partial charge in [0.1, 0.15) is 11.9 Å². The number of carbonyl (C=O) groups is 2. The van der Waals surface area contributed by atoms with Gasteiger partial charge in [-0.3, -0.25) is 4.79 Å². The molecular weight excluding hydrogens is 377 g/mol. The first-order chi connectivity index (χ1) is 11.5. The molecule has 0 bridgehead atoms. The van der Waals surface area contributed by atoms with Gasteiger partial charge in [0.25, 0.3) is 0 Å². The van der Waals surface area contributed by atoms with Crippen molar-refractivity contribution in [1.29, 1.82) is 0 Å². The third-order valence-corrected chi connectivity index (χ3v) is 4.28. The molecule has 1 fully saturated rings. The van der Waals surface area contributed by atoms with Crippen LogP contribution in [0.2, 0.25) is 0 Å². The Kier molecular flexibility index (Phi) is 4.80. The number of nitrogens with one attached hydrogen (secondary N) is 2. The number of carbonyl (C=O) groups excluding carboxylic acids is 2. The first-order valence-electron chi connectivity index (χ1n) is 7.43. The van der Waals surface area contributed by atoms with Gasteiger partial charge in [-0.25, -0.2) is 9.18 Å². The fourth-order valence-electron chi connectivity index (χ4n) is 2.55. The second-order valence-electron chi connectivity index (χ2n) is 5.41. The van der Waals surface area contributed by atoms with E-state index in [-0.39, 0.29) is 11.7 Å². The fourth-order valence-corrected chi connectivity index (χ4v) is 2.81. The Hall–Kier alpha value is -2.41. The van der Waals surface area contributed by atoms with Crippen LogP contribution < -0.4 is 15.5 Å². The number of rotatable bonds is 3. The highest BCUT2D eigenvalue weighted by molar-refractivity contribution is 9.10. The van der Waals surface area contributed by atoms with E-state index in [4.69, 9.17) is 0 Å². The van der Waals surface area contributed by atoms with Gasteiger partial charge < -0.3 is 15.5 Å². The van der Waals surface area contributed by atoms with Crippen molar-refractivity contribution >= 4 is 39.2 Å². The molecule has 1 saturated heterocycles. The van der Waals surface area contributed by atoms with E-state index in [2.05, 4.69) is 26.6 Å². The minimum absolute atomic E-state index is 0.201. The monoisotopic (exact) mass is 391 g/mol. The van der Waals surface area contributed by atoms with Gasteiger partial charge >= 0.3 is 6.03 Å². The van der Waals surface area contributed by atoms with Gasteiger partial charge in [-0.15, -0.1) is 0 Å². The minimum atomic E-state index is -0.592. The average molecular weight is 392 g/mol. The number of nitrogens with zero attached hydrogens (tertiary/aromatic N) is 1. The van der Waals surface area contributed by atoms with Crippen LogP contribution in [0.4, 0.5) is 20.6 Å². The SMILES string of the molecule is O=C(Nc1ccc(Br)cc1)NC1CCN(c2ccc(F)cc2)C1=O. The van der Waals surface area contributed by atoms with Crippen LogP contribution in [0.5, 0.6) is 0 Å². The quantitative estimate of drug-likeness (QED) is 0.840. The molecule has 3 rings (SSSR count). The molecule has 0 aliphatic carbocycles. The summed E-state index contributed by atoms with van der Waals surface area (Å²) in [4.78, 5) is 26.0. The molecule has 0 radical (unpaired) electrons. The maximum absolute atomic E-state index is 13.0. The average Bonchev–Trinajstić information content (AvgIpc) is 2.91. The number of amides is 3. The van der Waals surface area contributed by atoms with Gasteiger partial charge in [-0.1, -0.05) is 15.9 Å². The van der Waals surface area contributed by atoms with Crippen molar-refractivity contribution in [1.82, 2.24) is 5.32 Å². The number of anilines is 2. The van der Waals surface area contributed by atoms with E-state index < -0.39 is 12.1 Å². The van der Waals surface area contributed by atoms with E-state index in [0.29, 0.717) is 24.3 Å². The van der Waals surface area contributed by atoms with E-state index in [1.165, 1.54) is 12.1 Å². The molecule has 0 saturated carbocycles. The zero-order chi connectivity index (χ0) is 17.1. The minimum Gasteiger partial charge on any atom is -0.326 e. The molecule has 2 aromatic rings. The Bertz CT molecular complexity index is 749. The lowest BCUT2D eigenvalue weighted by Crippen LogP contribution is -2.43. The van der Waals surface area contributed by atoms with Gasteiger partial charge in [0, 0.05) is 22.4 Å². The summed E-state index contributed by atoms with van der Waals surface area (Å²) in [6.45, 7) is 0.480. The third kappa shape index (κ3) is 3.73. The zero-order valence-electron chi connectivity index (χ0n) is 12.6. The number of hydrogen-bond acceptors (Lipinski definition) is 2. The van der Waals surface area contributed by atoms with Crippen LogP contribution in [-0.4, -0.2) is 24.5 Å². The summed E-state index contributed by atoms with van der Waals surface area (Å²) in [5.74, 6) is -0.554. The van der Waals surface area contributed by atoms with Crippen molar-refractivity contribution in [2.75, 3.05) is 16.8 Å². The molecule has 24 heavy (non-hydrogen) atoms. The summed E-state index contributed by atoms with van der Waals surface area (Å²) in [5.41, 5.74) is 1.26. The normalized spacial score (nSPS) is 17.0. The maximum atomic E-state index is 13.0. The molecule has 2 N–H and O–H groups in total. The van der Waals surface area contributed by atoms with Crippen molar-refractivity contribution in [2.45, 2.75) is 12.5 Å². The summed E-state index contributed by atoms with van der Waals surface area (Å²) in [6.07, 6.45) is 0.504. The molecular formula is C17H15BrFN3O2. The topological polar surface area (TPSA) is 61.4 Å². The highest BCUT2D eigenvalue weighted by atomic mass is 79.9. The fraction of sp³-hybridized carbons (Fsp3) is 0.176. The van der Waals surface area contributed by atoms with Crippen LogP contribution in [0.3, 0.4) is 0 Å². The molecule has 5 nitrogen and oxygen atoms in total. The summed E-state index contributed by atoms with van der Waals surface area (Å²) in [7, 11) is 0. The van der Waals surface area contributed by atoms with E-state index in [1.807, 2.05) is 12.1 Å². The predicted octanol–water partition coefficient (Wildman–Crippen LogP) is 3.52. The highest BCUT2D eigenvalue weighted by Gasteiger charge is 2.33. The summed E-state index contributed by atoms with van der Waals surface area (Å²) < 4.78 is 13.9. The second-order valence-corrected chi connectivity index (χ2v) is 6.33. The first kappa shape index (κ1) is 16.4. The molecule has 1 heterocycles. The van der Waals surface area contributed by atoms with Crippen molar-refractivity contribution < 1.29 is 14.0 Å². The Morgan fingerprint density at radius 3 is 2.46 bits per heavy atom. The van der Waals surface area contributed by atoms with E-state index in [0.717, 1.165) is 4.47 Å². The van der Waals surface area contributed by atoms with Crippen LogP contribution in [0, 0.1) is 5.82 Å². The summed E-state index contributed by atoms with van der Waals surface area (Å²) >= 11 is 3.32. The molecule has 0 aromatic heterocycles. The lowest BCUT2D eigenvalue weighted by atomic mass is 10.2. The molecule has 1 aliphatic rings. The van der Waals surface area contributed by atoms with Crippen LogP contribution in [-0.2, 0) is 4.79 Å². The largest absolute Gasteiger partial charge is 0.326 e. The molecule has 7 heteroatoms. The van der Waals surface area contributed by atoms with Gasteiger partial charge in [-0.05, 0) is 55.0 Å². The standard InChI is InChI=1S/C17H15BrFN3O2/c18-11-1-5-13(6-2-11)20-17(24)21-15-9-10-22(16(15)23)14-7-3-12(19)4-8-14/h1-8,15H,9-10H2,(H2,20,21,24). The Balaban J connectivity index is 1.60. The number of urea groups is 1. The molecule has 1 atom stereocenters. The van der Waals surface area contributed by atoms with Gasteiger partial charge in [0.05, 0.1) is 0 Å². The third-order valence-electron chi connectivity index (χ3n) is 3.75. The number of benzene rings is 2. The molecule has 2 aromatic carbocycles. The lowest BCUT2D eigenvalue weighted by Gasteiger charge is -2.17. The molecule has 0 spiro atoms. The van der Waals surface area contributed by atoms with Crippen molar-refractivity contribution in [3.63, 3.8) is 0 Å². The molecule has 1 aliphatic heterocycles. The van der Waals surface area contributed by atoms with Gasteiger partial charge in [-0.2, -0.15) is 0 Å². The zero-order valence-corrected chi connectivity index (χ0v) is 14.2. The Morgan fingerprint density at radius 1 is 1.12 bits per heavy atom. The van der Waals surface area contributed by atoms with Crippen molar-refractivity contribution in [3.8, 4) is 0 Å². The second kappa shape index (κ2) is 7.00. The number of halogens is 2. The Morgan fingerprint density at radius 2 is 1.79 bits per heavy atom. The van der Waals surface area contributed by atoms with Gasteiger partial charge in [0.15, 0.2) is 0 Å². The van der Waals surface area contributed by atoms with Crippen molar-refractivity contribution in [3.05, 3.63) is 58.8 Å². The van der Waals surface area contributed by atoms with Crippen molar-refractivity contribution in [2.24, 2.45) is 0 Å². The van der Waals surface area contributed by atoms with Crippen LogP contribution in [0.15, 0.2) is 53.0 Å². The van der Waals surface area contributed by atoms with Crippen LogP contribution >= 0.6 is 15.9 Å². The van der Waals surface area contributed by atoms with E-state index in [1.54, 1.807) is 29.2 Å². The molecule has 124 valence electrons. The van der Waals surface area contributed by atoms with Crippen LogP contribution in [0.1, 0.15) is 6.42 Å². The van der Waals surface area contributed by atoms with Gasteiger partial charge in [0.2, 0.25) is 5.91 Å². The lowest BCUT2D eigenvalue weighted by molar-refractivity contribution is -0.118.